The van der Waals surface area contributed by atoms with E-state index in [1.54, 1.807) is 0 Å². The number of ether oxygens (including phenoxy) is 1. The van der Waals surface area contributed by atoms with Gasteiger partial charge in [-0.15, -0.1) is 0 Å². The number of benzene rings is 1. The SMILES string of the molecule is CCC1(CNCc2cccc3c2OC(C)(C)C3)CCCC1. The molecule has 2 aliphatic rings. The molecule has 1 saturated carbocycles. The van der Waals surface area contributed by atoms with Crippen LogP contribution in [0.5, 0.6) is 5.75 Å². The Kier molecular flexibility index (Phi) is 4.00. The lowest BCUT2D eigenvalue weighted by Gasteiger charge is -2.28. The molecule has 0 saturated heterocycles. The number of nitrogens with one attached hydrogen (secondary N) is 1. The highest BCUT2D eigenvalue weighted by Gasteiger charge is 2.33. The Morgan fingerprint density at radius 1 is 1.19 bits per heavy atom. The first-order chi connectivity index (χ1) is 10.0. The zero-order valence-electron chi connectivity index (χ0n) is 13.8. The van der Waals surface area contributed by atoms with Crippen molar-refractivity contribution in [3.8, 4) is 5.75 Å². The fraction of sp³-hybridized carbons (Fsp3) is 0.684. The van der Waals surface area contributed by atoms with Gasteiger partial charge in [0.2, 0.25) is 0 Å². The monoisotopic (exact) mass is 287 g/mol. The molecule has 0 spiro atoms. The van der Waals surface area contributed by atoms with Gasteiger partial charge >= 0.3 is 0 Å². The Hall–Kier alpha value is -1.02. The molecule has 0 radical (unpaired) electrons. The van der Waals surface area contributed by atoms with Crippen LogP contribution in [-0.4, -0.2) is 12.1 Å². The summed E-state index contributed by atoms with van der Waals surface area (Å²) in [6.07, 6.45) is 7.94. The molecule has 1 aliphatic heterocycles. The van der Waals surface area contributed by atoms with Gasteiger partial charge in [0.15, 0.2) is 0 Å². The summed E-state index contributed by atoms with van der Waals surface area (Å²) in [5.74, 6) is 1.13. The molecule has 1 N–H and O–H groups in total. The van der Waals surface area contributed by atoms with Crippen molar-refractivity contribution in [1.29, 1.82) is 0 Å². The Morgan fingerprint density at radius 2 is 1.95 bits per heavy atom. The second kappa shape index (κ2) is 5.64. The first kappa shape index (κ1) is 14.9. The van der Waals surface area contributed by atoms with Gasteiger partial charge in [0.1, 0.15) is 11.4 Å². The summed E-state index contributed by atoms with van der Waals surface area (Å²) >= 11 is 0. The van der Waals surface area contributed by atoms with Gasteiger partial charge in [-0.2, -0.15) is 0 Å². The summed E-state index contributed by atoms with van der Waals surface area (Å²) in [5, 5.41) is 3.71. The van der Waals surface area contributed by atoms with E-state index < -0.39 is 0 Å². The highest BCUT2D eigenvalue weighted by Crippen LogP contribution is 2.41. The molecule has 1 heterocycles. The predicted octanol–water partition coefficient (Wildman–Crippen LogP) is 4.46. The van der Waals surface area contributed by atoms with Crippen molar-refractivity contribution in [3.63, 3.8) is 0 Å². The van der Waals surface area contributed by atoms with E-state index in [9.17, 15) is 0 Å². The summed E-state index contributed by atoms with van der Waals surface area (Å²) in [7, 11) is 0. The van der Waals surface area contributed by atoms with Crippen molar-refractivity contribution in [2.75, 3.05) is 6.54 Å². The van der Waals surface area contributed by atoms with Gasteiger partial charge in [0.25, 0.3) is 0 Å². The molecule has 1 aromatic carbocycles. The van der Waals surface area contributed by atoms with E-state index in [2.05, 4.69) is 44.3 Å². The highest BCUT2D eigenvalue weighted by atomic mass is 16.5. The molecule has 0 amide bonds. The predicted molar refractivity (Wildman–Crippen MR) is 87.8 cm³/mol. The van der Waals surface area contributed by atoms with Gasteiger partial charge in [0, 0.05) is 25.1 Å². The van der Waals surface area contributed by atoms with E-state index in [1.165, 1.54) is 43.2 Å². The van der Waals surface area contributed by atoms with Crippen LogP contribution in [0.25, 0.3) is 0 Å². The third kappa shape index (κ3) is 3.11. The fourth-order valence-electron chi connectivity index (χ4n) is 4.06. The average molecular weight is 287 g/mol. The third-order valence-corrected chi connectivity index (χ3v) is 5.40. The number of rotatable bonds is 5. The summed E-state index contributed by atoms with van der Waals surface area (Å²) in [4.78, 5) is 0. The number of hydrogen-bond acceptors (Lipinski definition) is 2. The normalized spacial score (nSPS) is 22.0. The summed E-state index contributed by atoms with van der Waals surface area (Å²) in [5.41, 5.74) is 3.19. The van der Waals surface area contributed by atoms with Gasteiger partial charge in [-0.1, -0.05) is 38.0 Å². The molecule has 116 valence electrons. The third-order valence-electron chi connectivity index (χ3n) is 5.40. The van der Waals surface area contributed by atoms with Crippen LogP contribution >= 0.6 is 0 Å². The van der Waals surface area contributed by atoms with Crippen LogP contribution in [-0.2, 0) is 13.0 Å². The lowest BCUT2D eigenvalue weighted by molar-refractivity contribution is 0.137. The quantitative estimate of drug-likeness (QED) is 0.863. The first-order valence-corrected chi connectivity index (χ1v) is 8.54. The van der Waals surface area contributed by atoms with Crippen molar-refractivity contribution < 1.29 is 4.74 Å². The summed E-state index contributed by atoms with van der Waals surface area (Å²) in [6, 6.07) is 6.59. The maximum Gasteiger partial charge on any atom is 0.127 e. The van der Waals surface area contributed by atoms with E-state index in [0.29, 0.717) is 5.41 Å². The van der Waals surface area contributed by atoms with Gasteiger partial charge in [-0.25, -0.2) is 0 Å². The van der Waals surface area contributed by atoms with Crippen molar-refractivity contribution in [3.05, 3.63) is 29.3 Å². The molecule has 1 fully saturated rings. The zero-order chi connectivity index (χ0) is 14.9. The Bertz CT molecular complexity index is 500. The minimum Gasteiger partial charge on any atom is -0.487 e. The molecule has 0 unspecified atom stereocenters. The minimum absolute atomic E-state index is 0.0471. The number of para-hydroxylation sites is 1. The van der Waals surface area contributed by atoms with Crippen LogP contribution in [0.4, 0.5) is 0 Å². The fourth-order valence-corrected chi connectivity index (χ4v) is 4.06. The van der Waals surface area contributed by atoms with E-state index in [1.807, 2.05) is 0 Å². The van der Waals surface area contributed by atoms with E-state index in [0.717, 1.165) is 25.3 Å². The Labute approximate surface area is 129 Å². The lowest BCUT2D eigenvalue weighted by atomic mass is 9.83. The highest BCUT2D eigenvalue weighted by molar-refractivity contribution is 5.45. The van der Waals surface area contributed by atoms with Crippen molar-refractivity contribution >= 4 is 0 Å². The van der Waals surface area contributed by atoms with Crippen LogP contribution in [0.15, 0.2) is 18.2 Å². The van der Waals surface area contributed by atoms with Crippen LogP contribution in [0.1, 0.15) is 64.0 Å². The molecule has 3 rings (SSSR count). The van der Waals surface area contributed by atoms with Crippen molar-refractivity contribution in [2.45, 2.75) is 71.4 Å². The topological polar surface area (TPSA) is 21.3 Å². The zero-order valence-corrected chi connectivity index (χ0v) is 13.8. The van der Waals surface area contributed by atoms with Gasteiger partial charge in [-0.05, 0) is 44.1 Å². The van der Waals surface area contributed by atoms with E-state index >= 15 is 0 Å². The van der Waals surface area contributed by atoms with Crippen LogP contribution in [0.3, 0.4) is 0 Å². The van der Waals surface area contributed by atoms with Crippen molar-refractivity contribution in [1.82, 2.24) is 5.32 Å². The lowest BCUT2D eigenvalue weighted by Crippen LogP contribution is -2.31. The molecular weight excluding hydrogens is 258 g/mol. The van der Waals surface area contributed by atoms with Gasteiger partial charge in [-0.3, -0.25) is 0 Å². The summed E-state index contributed by atoms with van der Waals surface area (Å²) < 4.78 is 6.16. The van der Waals surface area contributed by atoms with Crippen LogP contribution < -0.4 is 10.1 Å². The van der Waals surface area contributed by atoms with Gasteiger partial charge < -0.3 is 10.1 Å². The maximum atomic E-state index is 6.16. The second-order valence-electron chi connectivity index (χ2n) is 7.61. The molecule has 1 aliphatic carbocycles. The van der Waals surface area contributed by atoms with Crippen LogP contribution in [0.2, 0.25) is 0 Å². The first-order valence-electron chi connectivity index (χ1n) is 8.54. The molecule has 0 atom stereocenters. The molecule has 0 aromatic heterocycles. The van der Waals surface area contributed by atoms with Crippen LogP contribution in [0, 0.1) is 5.41 Å². The Morgan fingerprint density at radius 3 is 2.67 bits per heavy atom. The average Bonchev–Trinajstić information content (AvgIpc) is 3.02. The van der Waals surface area contributed by atoms with Crippen molar-refractivity contribution in [2.24, 2.45) is 5.41 Å². The molecular formula is C19H29NO. The molecule has 21 heavy (non-hydrogen) atoms. The largest absolute Gasteiger partial charge is 0.487 e. The smallest absolute Gasteiger partial charge is 0.127 e. The van der Waals surface area contributed by atoms with E-state index in [-0.39, 0.29) is 5.60 Å². The molecule has 0 bridgehead atoms. The molecule has 2 heteroatoms. The Balaban J connectivity index is 1.63. The standard InChI is InChI=1S/C19H29NO/c1-4-19(10-5-6-11-19)14-20-13-16-9-7-8-15-12-18(2,3)21-17(15)16/h7-9,20H,4-6,10-14H2,1-3H3. The van der Waals surface area contributed by atoms with E-state index in [4.69, 9.17) is 4.74 Å². The van der Waals surface area contributed by atoms with Gasteiger partial charge in [0.05, 0.1) is 0 Å². The molecule has 2 nitrogen and oxygen atoms in total. The maximum absolute atomic E-state index is 6.16. The molecule has 1 aromatic rings. The second-order valence-corrected chi connectivity index (χ2v) is 7.61. The summed E-state index contributed by atoms with van der Waals surface area (Å²) in [6.45, 7) is 8.78. The minimum atomic E-state index is -0.0471. The number of fused-ring (bicyclic) bond motifs is 1. The number of hydrogen-bond donors (Lipinski definition) is 1.